The molecule has 0 bridgehead atoms. The van der Waals surface area contributed by atoms with Gasteiger partial charge >= 0.3 is 0 Å². The Morgan fingerprint density at radius 3 is 2.76 bits per heavy atom. The van der Waals surface area contributed by atoms with Gasteiger partial charge in [-0.3, -0.25) is 10.1 Å². The van der Waals surface area contributed by atoms with Crippen molar-refractivity contribution >= 4 is 27.1 Å². The second-order valence-corrected chi connectivity index (χ2v) is 9.58. The summed E-state index contributed by atoms with van der Waals surface area (Å²) < 4.78 is 24.1. The van der Waals surface area contributed by atoms with Crippen LogP contribution >= 0.6 is 11.3 Å². The van der Waals surface area contributed by atoms with E-state index in [2.05, 4.69) is 5.32 Å². The van der Waals surface area contributed by atoms with Crippen LogP contribution in [0.3, 0.4) is 0 Å². The van der Waals surface area contributed by atoms with Crippen molar-refractivity contribution in [2.45, 2.75) is 44.1 Å². The summed E-state index contributed by atoms with van der Waals surface area (Å²) in [4.78, 5) is 16.3. The number of rotatable bonds is 3. The third kappa shape index (κ3) is 2.74. The third-order valence-corrected chi connectivity index (χ3v) is 7.58. The molecule has 7 heteroatoms. The minimum Gasteiger partial charge on any atom is -0.319 e. The summed E-state index contributed by atoms with van der Waals surface area (Å²) >= 11 is 1.64. The predicted molar refractivity (Wildman–Crippen MR) is 82.9 cm³/mol. The monoisotopic (exact) mass is 328 g/mol. The lowest BCUT2D eigenvalue weighted by atomic mass is 10.2. The summed E-state index contributed by atoms with van der Waals surface area (Å²) in [7, 11) is -3.03. The zero-order valence-electron chi connectivity index (χ0n) is 12.2. The standard InChI is InChI=1S/C14H20N2O3S2/c1-9-5-6-12(20-9)13-15-10(2)14(17)16(13)8-11-4-3-7-21(11,18)19/h5-6,10-11,13,15H,3-4,7-8H2,1-2H3. The Labute approximate surface area is 129 Å². The first-order valence-corrected chi connectivity index (χ1v) is 9.76. The molecule has 1 aromatic heterocycles. The molecule has 1 amide bonds. The van der Waals surface area contributed by atoms with Crippen molar-refractivity contribution < 1.29 is 13.2 Å². The highest BCUT2D eigenvalue weighted by atomic mass is 32.2. The van der Waals surface area contributed by atoms with E-state index in [1.165, 1.54) is 4.88 Å². The van der Waals surface area contributed by atoms with E-state index in [4.69, 9.17) is 0 Å². The quantitative estimate of drug-likeness (QED) is 0.912. The number of carbonyl (C=O) groups is 1. The van der Waals surface area contributed by atoms with Crippen molar-refractivity contribution in [1.29, 1.82) is 0 Å². The van der Waals surface area contributed by atoms with Crippen LogP contribution < -0.4 is 5.32 Å². The lowest BCUT2D eigenvalue weighted by Crippen LogP contribution is -2.38. The number of amides is 1. The van der Waals surface area contributed by atoms with Crippen molar-refractivity contribution in [1.82, 2.24) is 10.2 Å². The van der Waals surface area contributed by atoms with Crippen LogP contribution in [-0.4, -0.2) is 42.8 Å². The molecular weight excluding hydrogens is 308 g/mol. The number of sulfone groups is 1. The van der Waals surface area contributed by atoms with Gasteiger partial charge < -0.3 is 4.90 Å². The summed E-state index contributed by atoms with van der Waals surface area (Å²) in [6, 6.07) is 3.78. The highest BCUT2D eigenvalue weighted by molar-refractivity contribution is 7.92. The summed E-state index contributed by atoms with van der Waals surface area (Å²) in [6.45, 7) is 4.17. The largest absolute Gasteiger partial charge is 0.319 e. The van der Waals surface area contributed by atoms with Gasteiger partial charge in [0.25, 0.3) is 0 Å². The van der Waals surface area contributed by atoms with Gasteiger partial charge in [0.2, 0.25) is 5.91 Å². The van der Waals surface area contributed by atoms with E-state index < -0.39 is 15.1 Å². The van der Waals surface area contributed by atoms with Crippen LogP contribution in [-0.2, 0) is 14.6 Å². The first kappa shape index (κ1) is 15.0. The zero-order chi connectivity index (χ0) is 15.2. The minimum atomic E-state index is -3.03. The second kappa shape index (κ2) is 5.37. The fourth-order valence-electron chi connectivity index (χ4n) is 3.09. The lowest BCUT2D eigenvalue weighted by Gasteiger charge is -2.26. The molecular formula is C14H20N2O3S2. The first-order chi connectivity index (χ1) is 9.88. The van der Waals surface area contributed by atoms with Crippen molar-refractivity contribution in [3.63, 3.8) is 0 Å². The van der Waals surface area contributed by atoms with Crippen LogP contribution in [0, 0.1) is 6.92 Å². The summed E-state index contributed by atoms with van der Waals surface area (Å²) in [5, 5.41) is 2.87. The van der Waals surface area contributed by atoms with E-state index in [1.54, 1.807) is 16.2 Å². The molecule has 0 saturated carbocycles. The maximum Gasteiger partial charge on any atom is 0.241 e. The molecule has 3 heterocycles. The number of thiophene rings is 1. The lowest BCUT2D eigenvalue weighted by molar-refractivity contribution is -0.129. The number of hydrogen-bond acceptors (Lipinski definition) is 5. The number of aryl methyl sites for hydroxylation is 1. The summed E-state index contributed by atoms with van der Waals surface area (Å²) in [5.74, 6) is 0.249. The molecule has 2 fully saturated rings. The van der Waals surface area contributed by atoms with Crippen molar-refractivity contribution in [3.05, 3.63) is 21.9 Å². The van der Waals surface area contributed by atoms with Gasteiger partial charge in [-0.1, -0.05) is 0 Å². The molecule has 2 aliphatic rings. The highest BCUT2D eigenvalue weighted by Gasteiger charge is 2.42. The van der Waals surface area contributed by atoms with Gasteiger partial charge in [0.15, 0.2) is 9.84 Å². The van der Waals surface area contributed by atoms with Gasteiger partial charge in [0.1, 0.15) is 6.17 Å². The van der Waals surface area contributed by atoms with Crippen LogP contribution in [0.15, 0.2) is 12.1 Å². The Bertz CT molecular complexity index is 653. The second-order valence-electron chi connectivity index (χ2n) is 5.86. The molecule has 2 saturated heterocycles. The number of nitrogens with one attached hydrogen (secondary N) is 1. The molecule has 21 heavy (non-hydrogen) atoms. The van der Waals surface area contributed by atoms with Crippen LogP contribution in [0.25, 0.3) is 0 Å². The fourth-order valence-corrected chi connectivity index (χ4v) is 5.85. The van der Waals surface area contributed by atoms with Gasteiger partial charge in [0, 0.05) is 16.3 Å². The molecule has 3 unspecified atom stereocenters. The number of hydrogen-bond donors (Lipinski definition) is 1. The molecule has 1 N–H and O–H groups in total. The van der Waals surface area contributed by atoms with Gasteiger partial charge in [-0.05, 0) is 38.8 Å². The SMILES string of the molecule is Cc1ccc(C2NC(C)C(=O)N2CC2CCCS2(=O)=O)s1. The van der Waals surface area contributed by atoms with E-state index in [1.807, 2.05) is 26.0 Å². The Morgan fingerprint density at radius 1 is 1.43 bits per heavy atom. The summed E-state index contributed by atoms with van der Waals surface area (Å²) in [6.07, 6.45) is 1.18. The maximum atomic E-state index is 12.4. The average molecular weight is 328 g/mol. The zero-order valence-corrected chi connectivity index (χ0v) is 13.8. The molecule has 0 radical (unpaired) electrons. The summed E-state index contributed by atoms with van der Waals surface area (Å²) in [5.41, 5.74) is 0. The van der Waals surface area contributed by atoms with E-state index in [9.17, 15) is 13.2 Å². The van der Waals surface area contributed by atoms with E-state index in [0.29, 0.717) is 19.4 Å². The third-order valence-electron chi connectivity index (χ3n) is 4.27. The van der Waals surface area contributed by atoms with E-state index in [0.717, 1.165) is 4.88 Å². The maximum absolute atomic E-state index is 12.4. The Hall–Kier alpha value is -0.920. The Kier molecular flexibility index (Phi) is 3.83. The van der Waals surface area contributed by atoms with Crippen molar-refractivity contribution in [3.8, 4) is 0 Å². The Balaban J connectivity index is 1.85. The van der Waals surface area contributed by atoms with Crippen LogP contribution in [0.2, 0.25) is 0 Å². The molecule has 5 nitrogen and oxygen atoms in total. The predicted octanol–water partition coefficient (Wildman–Crippen LogP) is 1.45. The molecule has 0 spiro atoms. The molecule has 0 aromatic carbocycles. The van der Waals surface area contributed by atoms with E-state index in [-0.39, 0.29) is 23.9 Å². The van der Waals surface area contributed by atoms with Crippen LogP contribution in [0.1, 0.15) is 35.7 Å². The topological polar surface area (TPSA) is 66.5 Å². The molecule has 116 valence electrons. The van der Waals surface area contributed by atoms with Gasteiger partial charge in [-0.2, -0.15) is 0 Å². The fraction of sp³-hybridized carbons (Fsp3) is 0.643. The van der Waals surface area contributed by atoms with Gasteiger partial charge in [-0.25, -0.2) is 8.42 Å². The van der Waals surface area contributed by atoms with Crippen LogP contribution in [0.4, 0.5) is 0 Å². The van der Waals surface area contributed by atoms with E-state index >= 15 is 0 Å². The average Bonchev–Trinajstić information content (AvgIpc) is 3.05. The van der Waals surface area contributed by atoms with Crippen LogP contribution in [0.5, 0.6) is 0 Å². The molecule has 1 aromatic rings. The first-order valence-electron chi connectivity index (χ1n) is 7.23. The molecule has 0 aliphatic carbocycles. The number of nitrogens with zero attached hydrogens (tertiary/aromatic N) is 1. The Morgan fingerprint density at radius 2 is 2.19 bits per heavy atom. The smallest absolute Gasteiger partial charge is 0.241 e. The van der Waals surface area contributed by atoms with Gasteiger partial charge in [0.05, 0.1) is 17.0 Å². The molecule has 2 aliphatic heterocycles. The van der Waals surface area contributed by atoms with Crippen molar-refractivity contribution in [2.75, 3.05) is 12.3 Å². The highest BCUT2D eigenvalue weighted by Crippen LogP contribution is 2.32. The molecule has 3 atom stereocenters. The molecule has 3 rings (SSSR count). The number of carbonyl (C=O) groups excluding carboxylic acids is 1. The normalized spacial score (nSPS) is 32.0. The van der Waals surface area contributed by atoms with Crippen molar-refractivity contribution in [2.24, 2.45) is 0 Å². The van der Waals surface area contributed by atoms with Gasteiger partial charge in [-0.15, -0.1) is 11.3 Å². The minimum absolute atomic E-state index is 0.00634.